The van der Waals surface area contributed by atoms with Crippen LogP contribution in [0.5, 0.6) is 0 Å². The number of carboxylic acids is 1. The summed E-state index contributed by atoms with van der Waals surface area (Å²) in [5, 5.41) is 12.4. The summed E-state index contributed by atoms with van der Waals surface area (Å²) in [6.07, 6.45) is 2.09. The van der Waals surface area contributed by atoms with Crippen molar-refractivity contribution in [2.45, 2.75) is 76.6 Å². The number of ether oxygens (including phenoxy) is 2. The normalized spacial score (nSPS) is 18.2. The van der Waals surface area contributed by atoms with E-state index in [4.69, 9.17) is 9.47 Å². The molecule has 3 N–H and O–H groups in total. The van der Waals surface area contributed by atoms with Gasteiger partial charge in [-0.3, -0.25) is 4.90 Å². The number of H-pyrrole nitrogens is 1. The van der Waals surface area contributed by atoms with E-state index in [1.807, 2.05) is 24.3 Å². The van der Waals surface area contributed by atoms with Crippen molar-refractivity contribution in [2.75, 3.05) is 6.61 Å². The first-order chi connectivity index (χ1) is 19.6. The van der Waals surface area contributed by atoms with Gasteiger partial charge in [0, 0.05) is 11.6 Å². The van der Waals surface area contributed by atoms with Crippen molar-refractivity contribution in [1.29, 1.82) is 0 Å². The fraction of sp³-hybridized carbons (Fsp3) is 0.406. The lowest BCUT2D eigenvalue weighted by Gasteiger charge is -2.39. The molecule has 1 fully saturated rings. The van der Waals surface area contributed by atoms with E-state index < -0.39 is 23.8 Å². The summed E-state index contributed by atoms with van der Waals surface area (Å²) in [5.74, 6) is -1.18. The number of aromatic nitrogens is 1. The first-order valence-corrected chi connectivity index (χ1v) is 14.1. The summed E-state index contributed by atoms with van der Waals surface area (Å²) in [5.41, 5.74) is 4.47. The smallest absolute Gasteiger partial charge is 0.410 e. The highest BCUT2D eigenvalue weighted by atomic mass is 16.6. The molecular weight excluding hydrogens is 522 g/mol. The Morgan fingerprint density at radius 2 is 1.59 bits per heavy atom. The first-order valence-electron chi connectivity index (χ1n) is 14.1. The predicted octanol–water partition coefficient (Wildman–Crippen LogP) is 6.30. The zero-order valence-corrected chi connectivity index (χ0v) is 23.7. The van der Waals surface area contributed by atoms with Crippen molar-refractivity contribution in [2.24, 2.45) is 0 Å². The van der Waals surface area contributed by atoms with Crippen molar-refractivity contribution >= 4 is 18.2 Å². The Bertz CT molecular complexity index is 1380. The Hall–Kier alpha value is -4.27. The number of aromatic amines is 1. The van der Waals surface area contributed by atoms with Crippen LogP contribution in [-0.4, -0.2) is 57.4 Å². The van der Waals surface area contributed by atoms with E-state index in [2.05, 4.69) is 34.6 Å². The lowest BCUT2D eigenvalue weighted by atomic mass is 9.89. The zero-order chi connectivity index (χ0) is 29.1. The molecule has 5 rings (SSSR count). The van der Waals surface area contributed by atoms with Gasteiger partial charge in [0.15, 0.2) is 0 Å². The third kappa shape index (κ3) is 6.39. The number of alkyl carbamates (subject to hydrolysis) is 1. The van der Waals surface area contributed by atoms with Crippen LogP contribution in [0.4, 0.5) is 9.59 Å². The molecule has 2 aliphatic rings. The quantitative estimate of drug-likeness (QED) is 0.312. The summed E-state index contributed by atoms with van der Waals surface area (Å²) < 4.78 is 11.5. The van der Waals surface area contributed by atoms with Gasteiger partial charge in [-0.25, -0.2) is 14.4 Å². The largest absolute Gasteiger partial charge is 0.477 e. The molecule has 0 bridgehead atoms. The number of carbonyl (C=O) groups is 3. The summed E-state index contributed by atoms with van der Waals surface area (Å²) in [6, 6.07) is 18.7. The van der Waals surface area contributed by atoms with Crippen LogP contribution < -0.4 is 5.32 Å². The summed E-state index contributed by atoms with van der Waals surface area (Å²) >= 11 is 0. The molecule has 2 atom stereocenters. The lowest BCUT2D eigenvalue weighted by molar-refractivity contribution is 0.0365. The zero-order valence-electron chi connectivity index (χ0n) is 23.7. The minimum atomic E-state index is -1.08. The van der Waals surface area contributed by atoms with E-state index in [9.17, 15) is 19.5 Å². The molecule has 9 heteroatoms. The topological polar surface area (TPSA) is 121 Å². The van der Waals surface area contributed by atoms with Gasteiger partial charge < -0.3 is 24.9 Å². The molecule has 2 aromatic carbocycles. The number of hydrogen-bond acceptors (Lipinski definition) is 5. The second-order valence-corrected chi connectivity index (χ2v) is 11.7. The number of amides is 2. The third-order valence-corrected chi connectivity index (χ3v) is 7.72. The average Bonchev–Trinajstić information content (AvgIpc) is 3.53. The van der Waals surface area contributed by atoms with Crippen LogP contribution in [0.1, 0.15) is 79.7 Å². The Labute approximate surface area is 239 Å². The number of carboxylic acid groups (broad SMARTS) is 1. The highest BCUT2D eigenvalue weighted by molar-refractivity contribution is 5.85. The van der Waals surface area contributed by atoms with Gasteiger partial charge in [-0.05, 0) is 68.0 Å². The lowest BCUT2D eigenvalue weighted by Crippen LogP contribution is -2.55. The van der Waals surface area contributed by atoms with E-state index in [-0.39, 0.29) is 36.8 Å². The minimum absolute atomic E-state index is 0.0413. The molecule has 216 valence electrons. The maximum absolute atomic E-state index is 13.9. The fourth-order valence-corrected chi connectivity index (χ4v) is 5.95. The Kier molecular flexibility index (Phi) is 8.06. The Morgan fingerprint density at radius 1 is 0.951 bits per heavy atom. The number of rotatable bonds is 7. The molecule has 0 aliphatic heterocycles. The molecular formula is C32H37N3O6. The van der Waals surface area contributed by atoms with Crippen molar-refractivity contribution in [3.05, 3.63) is 83.2 Å². The van der Waals surface area contributed by atoms with Crippen molar-refractivity contribution < 1.29 is 29.0 Å². The number of fused-ring (bicyclic) bond motifs is 3. The molecule has 0 unspecified atom stereocenters. The second-order valence-electron chi connectivity index (χ2n) is 11.7. The van der Waals surface area contributed by atoms with Crippen molar-refractivity contribution in [1.82, 2.24) is 15.2 Å². The Morgan fingerprint density at radius 3 is 2.20 bits per heavy atom. The second kappa shape index (κ2) is 11.7. The molecule has 1 saturated carbocycles. The highest BCUT2D eigenvalue weighted by Gasteiger charge is 2.37. The van der Waals surface area contributed by atoms with E-state index in [0.717, 1.165) is 35.1 Å². The van der Waals surface area contributed by atoms with Gasteiger partial charge in [-0.2, -0.15) is 0 Å². The van der Waals surface area contributed by atoms with Crippen LogP contribution >= 0.6 is 0 Å². The number of carbonyl (C=O) groups excluding carboxylic acids is 2. The molecule has 0 radical (unpaired) electrons. The third-order valence-electron chi connectivity index (χ3n) is 7.72. The highest BCUT2D eigenvalue weighted by Crippen LogP contribution is 2.44. The van der Waals surface area contributed by atoms with Crippen molar-refractivity contribution in [3.8, 4) is 11.1 Å². The van der Waals surface area contributed by atoms with Gasteiger partial charge in [-0.1, -0.05) is 61.4 Å². The number of nitrogens with one attached hydrogen (secondary N) is 2. The molecule has 0 spiro atoms. The van der Waals surface area contributed by atoms with Crippen LogP contribution in [0.25, 0.3) is 11.1 Å². The van der Waals surface area contributed by atoms with Gasteiger partial charge in [0.25, 0.3) is 0 Å². The number of benzene rings is 2. The van der Waals surface area contributed by atoms with E-state index >= 15 is 0 Å². The van der Waals surface area contributed by atoms with Gasteiger partial charge >= 0.3 is 18.2 Å². The molecule has 41 heavy (non-hydrogen) atoms. The minimum Gasteiger partial charge on any atom is -0.477 e. The van der Waals surface area contributed by atoms with E-state index in [1.165, 1.54) is 6.07 Å². The fourth-order valence-electron chi connectivity index (χ4n) is 5.95. The molecule has 1 aromatic heterocycles. The van der Waals surface area contributed by atoms with Gasteiger partial charge in [0.1, 0.15) is 17.9 Å². The van der Waals surface area contributed by atoms with E-state index in [0.29, 0.717) is 18.5 Å². The SMILES string of the molecule is CC(C)(C)OC(=O)N[C@H]1CCCC[C@@H]1N(Cc1ccc(C(=O)O)[nH]1)C(=O)OCC1c2ccccc2-c2ccccc21. The van der Waals surface area contributed by atoms with Gasteiger partial charge in [-0.15, -0.1) is 0 Å². The van der Waals surface area contributed by atoms with Gasteiger partial charge in [0.2, 0.25) is 0 Å². The van der Waals surface area contributed by atoms with Crippen LogP contribution in [0.15, 0.2) is 60.7 Å². The first kappa shape index (κ1) is 28.3. The summed E-state index contributed by atoms with van der Waals surface area (Å²) in [4.78, 5) is 42.5. The van der Waals surface area contributed by atoms with Crippen LogP contribution in [0.2, 0.25) is 0 Å². The maximum Gasteiger partial charge on any atom is 0.410 e. The Balaban J connectivity index is 1.38. The summed E-state index contributed by atoms with van der Waals surface area (Å²) in [6.45, 7) is 5.68. The molecule has 1 heterocycles. The number of hydrogen-bond donors (Lipinski definition) is 3. The van der Waals surface area contributed by atoms with Crippen LogP contribution in [0.3, 0.4) is 0 Å². The van der Waals surface area contributed by atoms with E-state index in [1.54, 1.807) is 31.7 Å². The summed E-state index contributed by atoms with van der Waals surface area (Å²) in [7, 11) is 0. The maximum atomic E-state index is 13.9. The van der Waals surface area contributed by atoms with Crippen LogP contribution in [-0.2, 0) is 16.0 Å². The molecule has 0 saturated heterocycles. The molecule has 3 aromatic rings. The number of aromatic carboxylic acids is 1. The predicted molar refractivity (Wildman–Crippen MR) is 154 cm³/mol. The molecule has 9 nitrogen and oxygen atoms in total. The standard InChI is InChI=1S/C32H37N3O6/c1-32(2,3)41-30(38)34-26-14-8-9-15-28(26)35(18-20-16-17-27(33-20)29(36)37)31(39)40-19-25-23-12-6-4-10-21(23)22-11-5-7-13-24(22)25/h4-7,10-13,16-17,25-26,28,33H,8-9,14-15,18-19H2,1-3H3,(H,34,38)(H,36,37)/t26-,28-/m0/s1. The monoisotopic (exact) mass is 559 g/mol. The average molecular weight is 560 g/mol. The molecule has 2 amide bonds. The van der Waals surface area contributed by atoms with Gasteiger partial charge in [0.05, 0.1) is 18.6 Å². The molecule has 2 aliphatic carbocycles. The number of nitrogens with zero attached hydrogens (tertiary/aromatic N) is 1. The van der Waals surface area contributed by atoms with Crippen molar-refractivity contribution in [3.63, 3.8) is 0 Å². The van der Waals surface area contributed by atoms with Crippen LogP contribution in [0, 0.1) is 0 Å².